The summed E-state index contributed by atoms with van der Waals surface area (Å²) in [5.41, 5.74) is 0.556. The number of fused-ring (bicyclic) bond motifs is 1. The zero-order valence-electron chi connectivity index (χ0n) is 14.3. The fourth-order valence-electron chi connectivity index (χ4n) is 2.88. The Hall–Kier alpha value is -1.88. The van der Waals surface area contributed by atoms with E-state index in [0.29, 0.717) is 6.07 Å². The molecular formula is C18H16BrF3N2O3S. The number of hydrogen-bond acceptors (Lipinski definition) is 3. The van der Waals surface area contributed by atoms with Gasteiger partial charge in [0.05, 0.1) is 17.1 Å². The van der Waals surface area contributed by atoms with E-state index in [1.54, 1.807) is 6.20 Å². The van der Waals surface area contributed by atoms with E-state index in [1.165, 1.54) is 0 Å². The number of rotatable bonds is 6. The van der Waals surface area contributed by atoms with E-state index in [1.807, 2.05) is 24.3 Å². The highest BCUT2D eigenvalue weighted by Crippen LogP contribution is 2.33. The summed E-state index contributed by atoms with van der Waals surface area (Å²) in [6.45, 7) is -0.515. The first-order valence-electron chi connectivity index (χ1n) is 8.16. The molecule has 0 saturated heterocycles. The van der Waals surface area contributed by atoms with Crippen molar-refractivity contribution in [2.24, 2.45) is 0 Å². The summed E-state index contributed by atoms with van der Waals surface area (Å²) in [4.78, 5) is 2.52. The van der Waals surface area contributed by atoms with Crippen LogP contribution in [-0.4, -0.2) is 31.2 Å². The summed E-state index contributed by atoms with van der Waals surface area (Å²) in [7, 11) is -4.28. The highest BCUT2D eigenvalue weighted by molar-refractivity contribution is 9.10. The third kappa shape index (κ3) is 4.57. The molecule has 10 heteroatoms. The highest BCUT2D eigenvalue weighted by Gasteiger charge is 2.33. The Morgan fingerprint density at radius 1 is 1.18 bits per heavy atom. The maximum absolute atomic E-state index is 13.0. The molecule has 0 bridgehead atoms. The van der Waals surface area contributed by atoms with Gasteiger partial charge in [-0.2, -0.15) is 13.2 Å². The van der Waals surface area contributed by atoms with Crippen LogP contribution in [0.5, 0.6) is 0 Å². The Balaban J connectivity index is 1.87. The number of alkyl halides is 3. The molecule has 1 aromatic heterocycles. The van der Waals surface area contributed by atoms with Crippen molar-refractivity contribution in [3.63, 3.8) is 0 Å². The van der Waals surface area contributed by atoms with Gasteiger partial charge in [-0.05, 0) is 36.2 Å². The SMILES string of the molecule is O=S(=O)(N[C@@H](CO)Cc1c[nH]c2ccccc12)c1cc(Br)cc(C(F)(F)F)c1. The molecule has 0 fully saturated rings. The molecule has 0 aliphatic carbocycles. The summed E-state index contributed by atoms with van der Waals surface area (Å²) in [6.07, 6.45) is -2.81. The molecule has 0 aliphatic rings. The lowest BCUT2D eigenvalue weighted by atomic mass is 10.1. The Morgan fingerprint density at radius 2 is 1.89 bits per heavy atom. The molecule has 0 amide bonds. The Bertz CT molecular complexity index is 1100. The molecule has 0 aliphatic heterocycles. The third-order valence-electron chi connectivity index (χ3n) is 4.19. The van der Waals surface area contributed by atoms with Crippen LogP contribution in [0.2, 0.25) is 0 Å². The molecule has 1 atom stereocenters. The number of aromatic nitrogens is 1. The lowest BCUT2D eigenvalue weighted by Crippen LogP contribution is -2.39. The van der Waals surface area contributed by atoms with Gasteiger partial charge in [-0.1, -0.05) is 34.1 Å². The van der Waals surface area contributed by atoms with E-state index in [9.17, 15) is 26.7 Å². The molecule has 3 aromatic rings. The minimum Gasteiger partial charge on any atom is -0.395 e. The van der Waals surface area contributed by atoms with Gasteiger partial charge in [0, 0.05) is 27.6 Å². The number of aromatic amines is 1. The predicted octanol–water partition coefficient (Wildman–Crippen LogP) is 3.83. The summed E-state index contributed by atoms with van der Waals surface area (Å²) < 4.78 is 66.4. The van der Waals surface area contributed by atoms with Crippen LogP contribution in [-0.2, 0) is 22.6 Å². The number of aliphatic hydroxyl groups is 1. The molecule has 0 saturated carbocycles. The van der Waals surface area contributed by atoms with Gasteiger partial charge in [0.25, 0.3) is 0 Å². The number of sulfonamides is 1. The molecule has 150 valence electrons. The molecule has 3 rings (SSSR count). The molecular weight excluding hydrogens is 461 g/mol. The molecule has 1 heterocycles. The smallest absolute Gasteiger partial charge is 0.395 e. The number of aliphatic hydroxyl groups excluding tert-OH is 1. The highest BCUT2D eigenvalue weighted by atomic mass is 79.9. The van der Waals surface area contributed by atoms with Gasteiger partial charge in [-0.15, -0.1) is 0 Å². The van der Waals surface area contributed by atoms with Crippen molar-refractivity contribution in [2.45, 2.75) is 23.5 Å². The first-order chi connectivity index (χ1) is 13.1. The second-order valence-corrected chi connectivity index (χ2v) is 8.87. The van der Waals surface area contributed by atoms with Crippen LogP contribution < -0.4 is 4.72 Å². The van der Waals surface area contributed by atoms with Crippen LogP contribution in [0.25, 0.3) is 10.9 Å². The minimum atomic E-state index is -4.69. The number of H-pyrrole nitrogens is 1. The second kappa shape index (κ2) is 7.86. The van der Waals surface area contributed by atoms with Gasteiger partial charge < -0.3 is 10.1 Å². The molecule has 5 nitrogen and oxygen atoms in total. The fraction of sp³-hybridized carbons (Fsp3) is 0.222. The van der Waals surface area contributed by atoms with Crippen LogP contribution >= 0.6 is 15.9 Å². The Labute approximate surface area is 167 Å². The van der Waals surface area contributed by atoms with E-state index in [-0.39, 0.29) is 10.9 Å². The second-order valence-electron chi connectivity index (χ2n) is 6.24. The number of nitrogens with one attached hydrogen (secondary N) is 2. The van der Waals surface area contributed by atoms with Crippen molar-refractivity contribution in [1.29, 1.82) is 0 Å². The maximum Gasteiger partial charge on any atom is 0.416 e. The van der Waals surface area contributed by atoms with Gasteiger partial charge in [-0.25, -0.2) is 13.1 Å². The summed E-state index contributed by atoms with van der Waals surface area (Å²) in [5.74, 6) is 0. The third-order valence-corrected chi connectivity index (χ3v) is 6.15. The van der Waals surface area contributed by atoms with E-state index >= 15 is 0 Å². The van der Waals surface area contributed by atoms with Gasteiger partial charge in [-0.3, -0.25) is 0 Å². The van der Waals surface area contributed by atoms with Crippen molar-refractivity contribution < 1.29 is 26.7 Å². The van der Waals surface area contributed by atoms with Gasteiger partial charge in [0.2, 0.25) is 10.0 Å². The molecule has 28 heavy (non-hydrogen) atoms. The average Bonchev–Trinajstić information content (AvgIpc) is 3.03. The predicted molar refractivity (Wildman–Crippen MR) is 102 cm³/mol. The van der Waals surface area contributed by atoms with Crippen LogP contribution in [0, 0.1) is 0 Å². The van der Waals surface area contributed by atoms with E-state index in [2.05, 4.69) is 25.6 Å². The average molecular weight is 477 g/mol. The molecule has 2 aromatic carbocycles. The number of hydrogen-bond donors (Lipinski definition) is 3. The largest absolute Gasteiger partial charge is 0.416 e. The van der Waals surface area contributed by atoms with Crippen molar-refractivity contribution in [3.05, 3.63) is 64.3 Å². The molecule has 0 radical (unpaired) electrons. The van der Waals surface area contributed by atoms with E-state index in [0.717, 1.165) is 28.6 Å². The number of halogens is 4. The standard InChI is InChI=1S/C18H16BrF3N2O3S/c19-13-6-12(18(20,21)22)7-15(8-13)28(26,27)24-14(10-25)5-11-9-23-17-4-2-1-3-16(11)17/h1-4,6-9,14,23-25H,5,10H2/t14-/m1/s1. The zero-order valence-corrected chi connectivity index (χ0v) is 16.7. The summed E-state index contributed by atoms with van der Waals surface area (Å²) in [6, 6.07) is 8.93. The quantitative estimate of drug-likeness (QED) is 0.505. The van der Waals surface area contributed by atoms with Gasteiger partial charge >= 0.3 is 6.18 Å². The van der Waals surface area contributed by atoms with Crippen LogP contribution in [0.1, 0.15) is 11.1 Å². The van der Waals surface area contributed by atoms with Crippen LogP contribution in [0.3, 0.4) is 0 Å². The van der Waals surface area contributed by atoms with Crippen LogP contribution in [0.4, 0.5) is 13.2 Å². The number of para-hydroxylation sites is 1. The topological polar surface area (TPSA) is 82.2 Å². The molecule has 0 spiro atoms. The molecule has 0 unspecified atom stereocenters. The molecule has 3 N–H and O–H groups in total. The first-order valence-corrected chi connectivity index (χ1v) is 10.4. The normalized spacial score (nSPS) is 13.8. The Kier molecular flexibility index (Phi) is 5.85. The van der Waals surface area contributed by atoms with Crippen LogP contribution in [0.15, 0.2) is 58.0 Å². The van der Waals surface area contributed by atoms with Gasteiger partial charge in [0.1, 0.15) is 0 Å². The fourth-order valence-corrected chi connectivity index (χ4v) is 4.82. The summed E-state index contributed by atoms with van der Waals surface area (Å²) in [5, 5.41) is 10.5. The maximum atomic E-state index is 13.0. The van der Waals surface area contributed by atoms with E-state index < -0.39 is 39.3 Å². The lowest BCUT2D eigenvalue weighted by Gasteiger charge is -2.17. The zero-order chi connectivity index (χ0) is 20.5. The first kappa shape index (κ1) is 20.8. The van der Waals surface area contributed by atoms with Crippen molar-refractivity contribution >= 4 is 36.9 Å². The number of benzene rings is 2. The van der Waals surface area contributed by atoms with Crippen molar-refractivity contribution in [3.8, 4) is 0 Å². The van der Waals surface area contributed by atoms with E-state index in [4.69, 9.17) is 0 Å². The van der Waals surface area contributed by atoms with Gasteiger partial charge in [0.15, 0.2) is 0 Å². The van der Waals surface area contributed by atoms with Crippen molar-refractivity contribution in [1.82, 2.24) is 9.71 Å². The monoisotopic (exact) mass is 476 g/mol. The lowest BCUT2D eigenvalue weighted by molar-refractivity contribution is -0.137. The Morgan fingerprint density at radius 3 is 2.57 bits per heavy atom. The minimum absolute atomic E-state index is 0.0140. The van der Waals surface area contributed by atoms with Crippen molar-refractivity contribution in [2.75, 3.05) is 6.61 Å². The summed E-state index contributed by atoms with van der Waals surface area (Å²) >= 11 is 2.91.